The van der Waals surface area contributed by atoms with Crippen molar-refractivity contribution in [2.75, 3.05) is 19.0 Å². The van der Waals surface area contributed by atoms with Crippen molar-refractivity contribution in [1.82, 2.24) is 4.31 Å². The van der Waals surface area contributed by atoms with Crippen LogP contribution >= 0.6 is 0 Å². The summed E-state index contributed by atoms with van der Waals surface area (Å²) in [6, 6.07) is 21.9. The molecule has 1 atom stereocenters. The summed E-state index contributed by atoms with van der Waals surface area (Å²) >= 11 is 0. The summed E-state index contributed by atoms with van der Waals surface area (Å²) in [5.74, 6) is 1.09. The number of rotatable bonds is 7. The van der Waals surface area contributed by atoms with Crippen molar-refractivity contribution in [3.8, 4) is 11.5 Å². The molecule has 0 unspecified atom stereocenters. The Morgan fingerprint density at radius 3 is 2.52 bits per heavy atom. The standard InChI is InChI=1S/C24H24N2O4S/c1-3-15-30-21-14-13-19(16-22(21)29-2)24-25-20-11-7-8-12-23(20)31(27,28)26(24)17-18-9-5-4-6-10-18/h3-14,16,24-25H,1,15,17H2,2H3/t24-/m1/s1. The molecule has 31 heavy (non-hydrogen) atoms. The lowest BCUT2D eigenvalue weighted by Crippen LogP contribution is -2.42. The number of sulfonamides is 1. The molecule has 7 heteroatoms. The first-order valence-corrected chi connectivity index (χ1v) is 11.3. The molecule has 3 aromatic carbocycles. The van der Waals surface area contributed by atoms with Crippen molar-refractivity contribution in [1.29, 1.82) is 0 Å². The predicted octanol–water partition coefficient (Wildman–Crippen LogP) is 4.58. The van der Waals surface area contributed by atoms with Crippen LogP contribution in [0.15, 0.2) is 90.3 Å². The van der Waals surface area contributed by atoms with Crippen LogP contribution < -0.4 is 14.8 Å². The van der Waals surface area contributed by atoms with E-state index < -0.39 is 16.2 Å². The Morgan fingerprint density at radius 1 is 1.03 bits per heavy atom. The number of benzene rings is 3. The Bertz CT molecular complexity index is 1180. The highest BCUT2D eigenvalue weighted by atomic mass is 32.2. The third-order valence-electron chi connectivity index (χ3n) is 5.10. The van der Waals surface area contributed by atoms with Crippen LogP contribution in [0.5, 0.6) is 11.5 Å². The van der Waals surface area contributed by atoms with Gasteiger partial charge >= 0.3 is 0 Å². The van der Waals surface area contributed by atoms with Gasteiger partial charge in [0.2, 0.25) is 10.0 Å². The van der Waals surface area contributed by atoms with Gasteiger partial charge in [0.05, 0.1) is 12.8 Å². The summed E-state index contributed by atoms with van der Waals surface area (Å²) in [5, 5.41) is 3.39. The number of fused-ring (bicyclic) bond motifs is 1. The maximum Gasteiger partial charge on any atom is 0.247 e. The zero-order valence-electron chi connectivity index (χ0n) is 17.2. The number of nitrogens with zero attached hydrogens (tertiary/aromatic N) is 1. The Hall–Kier alpha value is -3.29. The van der Waals surface area contributed by atoms with Crippen LogP contribution in [-0.4, -0.2) is 26.4 Å². The lowest BCUT2D eigenvalue weighted by Gasteiger charge is -2.37. The fourth-order valence-corrected chi connectivity index (χ4v) is 5.29. The van der Waals surface area contributed by atoms with Crippen LogP contribution in [0.1, 0.15) is 17.3 Å². The molecule has 0 spiro atoms. The summed E-state index contributed by atoms with van der Waals surface area (Å²) in [6.07, 6.45) is 1.05. The Labute approximate surface area is 182 Å². The molecule has 0 saturated heterocycles. The molecule has 3 aromatic rings. The molecule has 0 radical (unpaired) electrons. The molecule has 6 nitrogen and oxygen atoms in total. The normalized spacial score (nSPS) is 17.3. The topological polar surface area (TPSA) is 67.9 Å². The lowest BCUT2D eigenvalue weighted by molar-refractivity contribution is 0.320. The second-order valence-corrected chi connectivity index (χ2v) is 8.95. The minimum absolute atomic E-state index is 0.228. The van der Waals surface area contributed by atoms with Crippen molar-refractivity contribution < 1.29 is 17.9 Å². The maximum absolute atomic E-state index is 13.6. The number of ether oxygens (including phenoxy) is 2. The van der Waals surface area contributed by atoms with Crippen LogP contribution in [-0.2, 0) is 16.6 Å². The molecule has 0 saturated carbocycles. The third kappa shape index (κ3) is 4.15. The van der Waals surface area contributed by atoms with Gasteiger partial charge in [-0.25, -0.2) is 8.42 Å². The molecule has 0 fully saturated rings. The Kier molecular flexibility index (Phi) is 5.97. The van der Waals surface area contributed by atoms with Crippen LogP contribution in [0.4, 0.5) is 5.69 Å². The van der Waals surface area contributed by atoms with Gasteiger partial charge in [-0.2, -0.15) is 4.31 Å². The van der Waals surface area contributed by atoms with Gasteiger partial charge in [-0.3, -0.25) is 0 Å². The number of hydrogen-bond donors (Lipinski definition) is 1. The van der Waals surface area contributed by atoms with Crippen LogP contribution in [0.2, 0.25) is 0 Å². The van der Waals surface area contributed by atoms with E-state index in [1.165, 1.54) is 4.31 Å². The number of hydrogen-bond acceptors (Lipinski definition) is 5. The molecule has 0 amide bonds. The first kappa shape index (κ1) is 21.0. The van der Waals surface area contributed by atoms with Gasteiger partial charge < -0.3 is 14.8 Å². The number of para-hydroxylation sites is 1. The quantitative estimate of drug-likeness (QED) is 0.550. The summed E-state index contributed by atoms with van der Waals surface area (Å²) in [4.78, 5) is 0.264. The summed E-state index contributed by atoms with van der Waals surface area (Å²) in [6.45, 7) is 4.24. The fourth-order valence-electron chi connectivity index (χ4n) is 3.61. The largest absolute Gasteiger partial charge is 0.493 e. The van der Waals surface area contributed by atoms with Gasteiger partial charge in [-0.05, 0) is 35.4 Å². The second kappa shape index (κ2) is 8.83. The highest BCUT2D eigenvalue weighted by Gasteiger charge is 2.39. The van der Waals surface area contributed by atoms with E-state index in [2.05, 4.69) is 11.9 Å². The Morgan fingerprint density at radius 2 is 1.77 bits per heavy atom. The van der Waals surface area contributed by atoms with Gasteiger partial charge in [0.25, 0.3) is 0 Å². The number of nitrogens with one attached hydrogen (secondary N) is 1. The average molecular weight is 437 g/mol. The first-order valence-electron chi connectivity index (χ1n) is 9.87. The average Bonchev–Trinajstić information content (AvgIpc) is 2.80. The molecule has 1 aliphatic heterocycles. The molecule has 160 valence electrons. The predicted molar refractivity (Wildman–Crippen MR) is 121 cm³/mol. The molecule has 0 bridgehead atoms. The van der Waals surface area contributed by atoms with E-state index in [0.29, 0.717) is 23.8 Å². The van der Waals surface area contributed by atoms with E-state index in [0.717, 1.165) is 11.1 Å². The summed E-state index contributed by atoms with van der Waals surface area (Å²) < 4.78 is 39.8. The summed E-state index contributed by atoms with van der Waals surface area (Å²) in [5.41, 5.74) is 2.22. The van der Waals surface area contributed by atoms with Gasteiger partial charge in [0.15, 0.2) is 11.5 Å². The van der Waals surface area contributed by atoms with Crippen molar-refractivity contribution in [2.24, 2.45) is 0 Å². The number of anilines is 1. The third-order valence-corrected chi connectivity index (χ3v) is 6.96. The molecule has 1 heterocycles. The van der Waals surface area contributed by atoms with Crippen LogP contribution in [0.25, 0.3) is 0 Å². The SMILES string of the molecule is C=CCOc1ccc([C@@H]2Nc3ccccc3S(=O)(=O)N2Cc2ccccc2)cc1OC. The molecule has 4 rings (SSSR count). The van der Waals surface area contributed by atoms with Crippen LogP contribution in [0, 0.1) is 0 Å². The van der Waals surface area contributed by atoms with E-state index in [-0.39, 0.29) is 11.4 Å². The van der Waals surface area contributed by atoms with Crippen molar-refractivity contribution in [2.45, 2.75) is 17.6 Å². The lowest BCUT2D eigenvalue weighted by atomic mass is 10.1. The maximum atomic E-state index is 13.6. The highest BCUT2D eigenvalue weighted by molar-refractivity contribution is 7.89. The van der Waals surface area contributed by atoms with E-state index >= 15 is 0 Å². The minimum Gasteiger partial charge on any atom is -0.493 e. The van der Waals surface area contributed by atoms with E-state index in [4.69, 9.17) is 9.47 Å². The molecule has 1 N–H and O–H groups in total. The summed E-state index contributed by atoms with van der Waals surface area (Å²) in [7, 11) is -2.18. The fraction of sp³-hybridized carbons (Fsp3) is 0.167. The van der Waals surface area contributed by atoms with Crippen molar-refractivity contribution >= 4 is 15.7 Å². The monoisotopic (exact) mass is 436 g/mol. The smallest absolute Gasteiger partial charge is 0.247 e. The van der Waals surface area contributed by atoms with Gasteiger partial charge in [0.1, 0.15) is 17.7 Å². The molecule has 0 aromatic heterocycles. The van der Waals surface area contributed by atoms with E-state index in [1.807, 2.05) is 42.5 Å². The van der Waals surface area contributed by atoms with Crippen LogP contribution in [0.3, 0.4) is 0 Å². The highest BCUT2D eigenvalue weighted by Crippen LogP contribution is 2.41. The van der Waals surface area contributed by atoms with Gasteiger partial charge in [0, 0.05) is 6.54 Å². The first-order chi connectivity index (χ1) is 15.0. The van der Waals surface area contributed by atoms with E-state index in [1.54, 1.807) is 43.5 Å². The second-order valence-electron chi connectivity index (χ2n) is 7.09. The molecule has 1 aliphatic rings. The van der Waals surface area contributed by atoms with Crippen molar-refractivity contribution in [3.05, 3.63) is 96.6 Å². The molecular formula is C24H24N2O4S. The molecular weight excluding hydrogens is 412 g/mol. The molecule has 0 aliphatic carbocycles. The zero-order chi connectivity index (χ0) is 21.8. The number of methoxy groups -OCH3 is 1. The van der Waals surface area contributed by atoms with E-state index in [9.17, 15) is 8.42 Å². The van der Waals surface area contributed by atoms with Crippen molar-refractivity contribution in [3.63, 3.8) is 0 Å². The Balaban J connectivity index is 1.79. The zero-order valence-corrected chi connectivity index (χ0v) is 18.0. The minimum atomic E-state index is -3.74. The van der Waals surface area contributed by atoms with Gasteiger partial charge in [-0.1, -0.05) is 61.2 Å². The van der Waals surface area contributed by atoms with Gasteiger partial charge in [-0.15, -0.1) is 0 Å².